The van der Waals surface area contributed by atoms with Gasteiger partial charge in [0.05, 0.1) is 6.61 Å². The van der Waals surface area contributed by atoms with E-state index < -0.39 is 6.04 Å². The van der Waals surface area contributed by atoms with E-state index in [0.29, 0.717) is 18.9 Å². The zero-order valence-electron chi connectivity index (χ0n) is 11.0. The van der Waals surface area contributed by atoms with Gasteiger partial charge in [-0.05, 0) is 45.8 Å². The SMILES string of the molecule is CCOC(=O)C(N)CCN(C)CCC(C)C. The van der Waals surface area contributed by atoms with E-state index in [9.17, 15) is 4.79 Å². The third-order valence-electron chi connectivity index (χ3n) is 2.50. The van der Waals surface area contributed by atoms with Crippen LogP contribution in [0.15, 0.2) is 0 Å². The molecule has 0 saturated heterocycles. The molecule has 0 aliphatic heterocycles. The summed E-state index contributed by atoms with van der Waals surface area (Å²) in [5.74, 6) is 0.418. The van der Waals surface area contributed by atoms with Crippen LogP contribution in [0.3, 0.4) is 0 Å². The molecule has 1 unspecified atom stereocenters. The summed E-state index contributed by atoms with van der Waals surface area (Å²) in [4.78, 5) is 13.5. The van der Waals surface area contributed by atoms with E-state index in [1.165, 1.54) is 6.42 Å². The number of ether oxygens (including phenoxy) is 1. The molecule has 4 heteroatoms. The Labute approximate surface area is 99.1 Å². The summed E-state index contributed by atoms with van der Waals surface area (Å²) in [7, 11) is 2.06. The van der Waals surface area contributed by atoms with Gasteiger partial charge in [-0.25, -0.2) is 0 Å². The van der Waals surface area contributed by atoms with Crippen molar-refractivity contribution in [2.75, 3.05) is 26.7 Å². The average Bonchev–Trinajstić information content (AvgIpc) is 2.23. The van der Waals surface area contributed by atoms with Gasteiger partial charge in [0.1, 0.15) is 6.04 Å². The maximum absolute atomic E-state index is 11.3. The van der Waals surface area contributed by atoms with E-state index >= 15 is 0 Å². The van der Waals surface area contributed by atoms with Crippen LogP contribution < -0.4 is 5.73 Å². The zero-order chi connectivity index (χ0) is 12.6. The summed E-state index contributed by atoms with van der Waals surface area (Å²) < 4.78 is 4.85. The van der Waals surface area contributed by atoms with Gasteiger partial charge in [-0.3, -0.25) is 4.79 Å². The number of carbonyl (C=O) groups excluding carboxylic acids is 1. The molecule has 0 rings (SSSR count). The van der Waals surface area contributed by atoms with Crippen molar-refractivity contribution in [2.24, 2.45) is 11.7 Å². The van der Waals surface area contributed by atoms with Crippen LogP contribution in [0.5, 0.6) is 0 Å². The second kappa shape index (κ2) is 8.53. The molecule has 0 aliphatic rings. The smallest absolute Gasteiger partial charge is 0.322 e. The highest BCUT2D eigenvalue weighted by molar-refractivity contribution is 5.75. The second-order valence-electron chi connectivity index (χ2n) is 4.63. The van der Waals surface area contributed by atoms with Gasteiger partial charge in [-0.2, -0.15) is 0 Å². The van der Waals surface area contributed by atoms with Crippen LogP contribution in [0.2, 0.25) is 0 Å². The van der Waals surface area contributed by atoms with Crippen molar-refractivity contribution >= 4 is 5.97 Å². The summed E-state index contributed by atoms with van der Waals surface area (Å²) in [6.45, 7) is 8.49. The number of rotatable bonds is 8. The van der Waals surface area contributed by atoms with Crippen LogP contribution in [-0.2, 0) is 9.53 Å². The molecule has 0 radical (unpaired) electrons. The molecule has 96 valence electrons. The van der Waals surface area contributed by atoms with E-state index in [1.54, 1.807) is 6.92 Å². The number of carbonyl (C=O) groups is 1. The van der Waals surface area contributed by atoms with E-state index in [1.807, 2.05) is 0 Å². The summed E-state index contributed by atoms with van der Waals surface area (Å²) in [6, 6.07) is -0.485. The molecule has 0 aromatic heterocycles. The molecule has 0 aromatic carbocycles. The van der Waals surface area contributed by atoms with Crippen LogP contribution in [0, 0.1) is 5.92 Å². The number of hydrogen-bond acceptors (Lipinski definition) is 4. The minimum Gasteiger partial charge on any atom is -0.465 e. The largest absolute Gasteiger partial charge is 0.465 e. The maximum Gasteiger partial charge on any atom is 0.322 e. The lowest BCUT2D eigenvalue weighted by atomic mass is 10.1. The minimum atomic E-state index is -0.485. The van der Waals surface area contributed by atoms with Crippen molar-refractivity contribution in [3.63, 3.8) is 0 Å². The van der Waals surface area contributed by atoms with Gasteiger partial charge in [0.25, 0.3) is 0 Å². The quantitative estimate of drug-likeness (QED) is 0.638. The topological polar surface area (TPSA) is 55.6 Å². The van der Waals surface area contributed by atoms with Gasteiger partial charge in [0.2, 0.25) is 0 Å². The highest BCUT2D eigenvalue weighted by Gasteiger charge is 2.14. The Kier molecular flexibility index (Phi) is 8.21. The first-order chi connectivity index (χ1) is 7.47. The Bertz CT molecular complexity index is 195. The van der Waals surface area contributed by atoms with Crippen LogP contribution in [-0.4, -0.2) is 43.7 Å². The van der Waals surface area contributed by atoms with Crippen LogP contribution in [0.25, 0.3) is 0 Å². The summed E-state index contributed by atoms with van der Waals surface area (Å²) >= 11 is 0. The Morgan fingerprint density at radius 1 is 1.31 bits per heavy atom. The third-order valence-corrected chi connectivity index (χ3v) is 2.50. The predicted molar refractivity (Wildman–Crippen MR) is 66.2 cm³/mol. The van der Waals surface area contributed by atoms with E-state index in [4.69, 9.17) is 10.5 Å². The Hall–Kier alpha value is -0.610. The first-order valence-corrected chi connectivity index (χ1v) is 6.08. The molecule has 0 aromatic rings. The molecule has 2 N–H and O–H groups in total. The first kappa shape index (κ1) is 15.4. The standard InChI is InChI=1S/C12H26N2O2/c1-5-16-12(15)11(13)7-9-14(4)8-6-10(2)3/h10-11H,5-9,13H2,1-4H3. The van der Waals surface area contributed by atoms with Crippen molar-refractivity contribution in [3.05, 3.63) is 0 Å². The fourth-order valence-corrected chi connectivity index (χ4v) is 1.32. The fraction of sp³-hybridized carbons (Fsp3) is 0.917. The summed E-state index contributed by atoms with van der Waals surface area (Å²) in [5, 5.41) is 0. The van der Waals surface area contributed by atoms with Crippen molar-refractivity contribution in [1.29, 1.82) is 0 Å². The third kappa shape index (κ3) is 7.65. The number of esters is 1. The molecular formula is C12H26N2O2. The highest BCUT2D eigenvalue weighted by Crippen LogP contribution is 2.02. The van der Waals surface area contributed by atoms with Crippen molar-refractivity contribution < 1.29 is 9.53 Å². The molecule has 1 atom stereocenters. The molecule has 0 aliphatic carbocycles. The minimum absolute atomic E-state index is 0.292. The lowest BCUT2D eigenvalue weighted by molar-refractivity contribution is -0.144. The number of hydrogen-bond donors (Lipinski definition) is 1. The van der Waals surface area contributed by atoms with Gasteiger partial charge >= 0.3 is 5.97 Å². The monoisotopic (exact) mass is 230 g/mol. The van der Waals surface area contributed by atoms with Gasteiger partial charge < -0.3 is 15.4 Å². The van der Waals surface area contributed by atoms with Crippen molar-refractivity contribution in [2.45, 2.75) is 39.7 Å². The van der Waals surface area contributed by atoms with Crippen LogP contribution in [0.1, 0.15) is 33.6 Å². The second-order valence-corrected chi connectivity index (χ2v) is 4.63. The van der Waals surface area contributed by atoms with E-state index in [2.05, 4.69) is 25.8 Å². The molecule has 0 saturated carbocycles. The number of nitrogens with two attached hydrogens (primary N) is 1. The lowest BCUT2D eigenvalue weighted by Crippen LogP contribution is -2.36. The molecule has 4 nitrogen and oxygen atoms in total. The molecule has 0 spiro atoms. The normalized spacial score (nSPS) is 13.2. The van der Waals surface area contributed by atoms with Crippen molar-refractivity contribution in [3.8, 4) is 0 Å². The fourth-order valence-electron chi connectivity index (χ4n) is 1.32. The summed E-state index contributed by atoms with van der Waals surface area (Å²) in [6.07, 6.45) is 1.83. The first-order valence-electron chi connectivity index (χ1n) is 6.08. The molecule has 0 bridgehead atoms. The predicted octanol–water partition coefficient (Wildman–Crippen LogP) is 1.24. The molecule has 0 heterocycles. The van der Waals surface area contributed by atoms with E-state index in [-0.39, 0.29) is 5.97 Å². The maximum atomic E-state index is 11.3. The Morgan fingerprint density at radius 3 is 2.38 bits per heavy atom. The summed E-state index contributed by atoms with van der Waals surface area (Å²) in [5.41, 5.74) is 5.71. The van der Waals surface area contributed by atoms with Crippen molar-refractivity contribution in [1.82, 2.24) is 4.90 Å². The van der Waals surface area contributed by atoms with Gasteiger partial charge in [0, 0.05) is 0 Å². The molecule has 16 heavy (non-hydrogen) atoms. The van der Waals surface area contributed by atoms with Crippen LogP contribution >= 0.6 is 0 Å². The zero-order valence-corrected chi connectivity index (χ0v) is 11.0. The molecule has 0 fully saturated rings. The van der Waals surface area contributed by atoms with Gasteiger partial charge in [-0.1, -0.05) is 13.8 Å². The molecule has 0 amide bonds. The lowest BCUT2D eigenvalue weighted by Gasteiger charge is -2.19. The van der Waals surface area contributed by atoms with Crippen LogP contribution in [0.4, 0.5) is 0 Å². The Morgan fingerprint density at radius 2 is 1.88 bits per heavy atom. The highest BCUT2D eigenvalue weighted by atomic mass is 16.5. The number of nitrogens with zero attached hydrogens (tertiary/aromatic N) is 1. The average molecular weight is 230 g/mol. The van der Waals surface area contributed by atoms with Gasteiger partial charge in [0.15, 0.2) is 0 Å². The Balaban J connectivity index is 3.65. The van der Waals surface area contributed by atoms with Gasteiger partial charge in [-0.15, -0.1) is 0 Å². The van der Waals surface area contributed by atoms with E-state index in [0.717, 1.165) is 13.1 Å². The molecular weight excluding hydrogens is 204 g/mol.